The molecule has 6 heteroatoms. The molecular formula is C22H23ClO4S. The first-order valence-corrected chi connectivity index (χ1v) is 10.2. The smallest absolute Gasteiger partial charge is 0.311 e. The number of benzene rings is 2. The van der Waals surface area contributed by atoms with E-state index in [-0.39, 0.29) is 18.3 Å². The lowest BCUT2D eigenvalue weighted by Gasteiger charge is -2.18. The van der Waals surface area contributed by atoms with Crippen molar-refractivity contribution in [2.24, 2.45) is 5.92 Å². The molecule has 28 heavy (non-hydrogen) atoms. The van der Waals surface area contributed by atoms with Crippen LogP contribution >= 0.6 is 22.9 Å². The highest BCUT2D eigenvalue weighted by Crippen LogP contribution is 2.29. The van der Waals surface area contributed by atoms with Crippen LogP contribution in [-0.4, -0.2) is 22.2 Å². The van der Waals surface area contributed by atoms with Crippen molar-refractivity contribution in [3.63, 3.8) is 0 Å². The van der Waals surface area contributed by atoms with Crippen LogP contribution in [-0.2, 0) is 16.0 Å². The molecule has 148 valence electrons. The minimum absolute atomic E-state index is 0.0559. The van der Waals surface area contributed by atoms with Crippen molar-refractivity contribution in [2.75, 3.05) is 0 Å². The topological polar surface area (TPSA) is 74.6 Å². The molecule has 3 aromatic rings. The molecule has 4 nitrogen and oxygen atoms in total. The normalized spacial score (nSPS) is 12.7. The van der Waals surface area contributed by atoms with E-state index in [0.717, 1.165) is 27.6 Å². The Morgan fingerprint density at radius 2 is 1.79 bits per heavy atom. The summed E-state index contributed by atoms with van der Waals surface area (Å²) in [5.41, 5.74) is 1.73. The number of carboxylic acid groups (broad SMARTS) is 2. The largest absolute Gasteiger partial charge is 0.481 e. The molecule has 0 saturated carbocycles. The highest BCUT2D eigenvalue weighted by atomic mass is 35.5. The van der Waals surface area contributed by atoms with E-state index in [1.165, 1.54) is 0 Å². The quantitative estimate of drug-likeness (QED) is 0.508. The van der Waals surface area contributed by atoms with Gasteiger partial charge in [0, 0.05) is 9.72 Å². The van der Waals surface area contributed by atoms with Crippen LogP contribution in [0.2, 0.25) is 5.02 Å². The fourth-order valence-corrected chi connectivity index (χ4v) is 4.08. The van der Waals surface area contributed by atoms with Crippen LogP contribution < -0.4 is 0 Å². The van der Waals surface area contributed by atoms with Crippen LogP contribution in [0, 0.1) is 5.92 Å². The van der Waals surface area contributed by atoms with Gasteiger partial charge in [-0.2, -0.15) is 0 Å². The maximum Gasteiger partial charge on any atom is 0.311 e. The molecule has 0 spiro atoms. The van der Waals surface area contributed by atoms with E-state index in [0.29, 0.717) is 5.02 Å². The molecule has 0 saturated heterocycles. The van der Waals surface area contributed by atoms with Crippen LogP contribution in [0.3, 0.4) is 0 Å². The highest BCUT2D eigenvalue weighted by Gasteiger charge is 2.24. The summed E-state index contributed by atoms with van der Waals surface area (Å²) < 4.78 is 1.07. The molecule has 2 N–H and O–H groups in total. The second kappa shape index (κ2) is 10.2. The van der Waals surface area contributed by atoms with E-state index in [4.69, 9.17) is 21.8 Å². The zero-order valence-electron chi connectivity index (χ0n) is 15.8. The van der Waals surface area contributed by atoms with Crippen molar-refractivity contribution < 1.29 is 19.8 Å². The third-order valence-corrected chi connectivity index (χ3v) is 5.84. The predicted octanol–water partition coefficient (Wildman–Crippen LogP) is 6.08. The van der Waals surface area contributed by atoms with Crippen molar-refractivity contribution >= 4 is 45.0 Å². The molecule has 0 radical (unpaired) electrons. The monoisotopic (exact) mass is 418 g/mol. The fraction of sp³-hybridized carbons (Fsp3) is 0.273. The van der Waals surface area contributed by atoms with Crippen molar-refractivity contribution in [2.45, 2.75) is 32.6 Å². The molecule has 0 bridgehead atoms. The maximum absolute atomic E-state index is 11.1. The van der Waals surface area contributed by atoms with E-state index in [1.54, 1.807) is 11.3 Å². The van der Waals surface area contributed by atoms with Crippen LogP contribution in [0.1, 0.15) is 37.3 Å². The molecule has 2 atom stereocenters. The molecule has 0 amide bonds. The van der Waals surface area contributed by atoms with Gasteiger partial charge in [-0.1, -0.05) is 62.2 Å². The first-order valence-electron chi connectivity index (χ1n) is 8.98. The maximum atomic E-state index is 11.1. The minimum Gasteiger partial charge on any atom is -0.481 e. The van der Waals surface area contributed by atoms with E-state index in [1.807, 2.05) is 67.8 Å². The van der Waals surface area contributed by atoms with E-state index in [9.17, 15) is 9.59 Å². The Morgan fingerprint density at radius 1 is 1.11 bits per heavy atom. The molecule has 1 heterocycles. The molecular weight excluding hydrogens is 396 g/mol. The average molecular weight is 419 g/mol. The van der Waals surface area contributed by atoms with Gasteiger partial charge >= 0.3 is 11.9 Å². The minimum atomic E-state index is -0.815. The molecule has 2 unspecified atom stereocenters. The van der Waals surface area contributed by atoms with Crippen LogP contribution in [0.25, 0.3) is 10.1 Å². The Labute approximate surface area is 173 Å². The Hall–Kier alpha value is -2.37. The summed E-state index contributed by atoms with van der Waals surface area (Å²) in [5, 5.41) is 21.3. The number of hydrogen-bond acceptors (Lipinski definition) is 3. The number of hydrogen-bond donors (Lipinski definition) is 2. The molecule has 0 fully saturated rings. The van der Waals surface area contributed by atoms with Gasteiger partial charge in [-0.15, -0.1) is 11.3 Å². The first-order chi connectivity index (χ1) is 13.3. The number of rotatable bonds is 6. The number of fused-ring (bicyclic) bond motifs is 1. The summed E-state index contributed by atoms with van der Waals surface area (Å²) in [6.07, 6.45) is 0.937. The lowest BCUT2D eigenvalue weighted by atomic mass is 9.86. The lowest BCUT2D eigenvalue weighted by Crippen LogP contribution is -2.18. The molecule has 0 aliphatic heterocycles. The van der Waals surface area contributed by atoms with Crippen LogP contribution in [0.15, 0.2) is 53.9 Å². The summed E-state index contributed by atoms with van der Waals surface area (Å²) in [5.74, 6) is -1.74. The Bertz CT molecular complexity index is 936. The highest BCUT2D eigenvalue weighted by molar-refractivity contribution is 7.17. The van der Waals surface area contributed by atoms with Crippen molar-refractivity contribution in [3.8, 4) is 0 Å². The van der Waals surface area contributed by atoms with Crippen molar-refractivity contribution in [1.29, 1.82) is 0 Å². The van der Waals surface area contributed by atoms with Gasteiger partial charge < -0.3 is 10.2 Å². The molecule has 0 aliphatic carbocycles. The van der Waals surface area contributed by atoms with E-state index >= 15 is 0 Å². The van der Waals surface area contributed by atoms with Crippen LogP contribution in [0.4, 0.5) is 0 Å². The number of thiophene rings is 1. The van der Waals surface area contributed by atoms with Crippen molar-refractivity contribution in [3.05, 3.63) is 70.1 Å². The Morgan fingerprint density at radius 3 is 2.36 bits per heavy atom. The zero-order valence-corrected chi connectivity index (χ0v) is 17.3. The summed E-state index contributed by atoms with van der Waals surface area (Å²) in [7, 11) is 0. The first kappa shape index (κ1) is 21.9. The molecule has 3 rings (SSSR count). The summed E-state index contributed by atoms with van der Waals surface area (Å²) in [6.45, 7) is 4.00. The molecule has 1 aromatic heterocycles. The predicted molar refractivity (Wildman–Crippen MR) is 114 cm³/mol. The zero-order chi connectivity index (χ0) is 20.7. The number of halogens is 1. The van der Waals surface area contributed by atoms with E-state index in [2.05, 4.69) is 0 Å². The standard InChI is InChI=1S/C12H16O2.C10H7ClO2S/c1-3-9(2)11(12(13)14)10-7-5-4-6-8-10;11-7-1-2-9-8(4-7)6(5-14-9)3-10(12)13/h4-9,11H,3H2,1-2H3,(H,13,14);1-2,4-5H,3H2,(H,12,13). The third-order valence-electron chi connectivity index (χ3n) is 4.60. The lowest BCUT2D eigenvalue weighted by molar-refractivity contribution is -0.140. The Kier molecular flexibility index (Phi) is 8.03. The van der Waals surface area contributed by atoms with Gasteiger partial charge in [0.25, 0.3) is 0 Å². The van der Waals surface area contributed by atoms with Gasteiger partial charge in [0.05, 0.1) is 12.3 Å². The van der Waals surface area contributed by atoms with Gasteiger partial charge in [-0.05, 0) is 46.0 Å². The van der Waals surface area contributed by atoms with E-state index < -0.39 is 11.9 Å². The SMILES string of the molecule is CCC(C)C(C(=O)O)c1ccccc1.O=C(O)Cc1csc2ccc(Cl)cc12. The summed E-state index contributed by atoms with van der Waals surface area (Å²) >= 11 is 7.38. The van der Waals surface area contributed by atoms with Gasteiger partial charge in [0.15, 0.2) is 0 Å². The summed E-state index contributed by atoms with van der Waals surface area (Å²) in [4.78, 5) is 21.7. The second-order valence-electron chi connectivity index (χ2n) is 6.58. The fourth-order valence-electron chi connectivity index (χ4n) is 2.96. The molecule has 2 aromatic carbocycles. The van der Waals surface area contributed by atoms with Crippen LogP contribution in [0.5, 0.6) is 0 Å². The van der Waals surface area contributed by atoms with Gasteiger partial charge in [0.2, 0.25) is 0 Å². The second-order valence-corrected chi connectivity index (χ2v) is 7.93. The molecule has 0 aliphatic rings. The van der Waals surface area contributed by atoms with Crippen molar-refractivity contribution in [1.82, 2.24) is 0 Å². The number of carboxylic acids is 2. The van der Waals surface area contributed by atoms with Gasteiger partial charge in [-0.25, -0.2) is 0 Å². The summed E-state index contributed by atoms with van der Waals surface area (Å²) in [6, 6.07) is 15.0. The van der Waals surface area contributed by atoms with Gasteiger partial charge in [0.1, 0.15) is 0 Å². The number of aliphatic carboxylic acids is 2. The number of carbonyl (C=O) groups is 2. The van der Waals surface area contributed by atoms with Gasteiger partial charge in [-0.3, -0.25) is 9.59 Å². The third kappa shape index (κ3) is 5.81. The average Bonchev–Trinajstić information content (AvgIpc) is 3.04. The Balaban J connectivity index is 0.000000200.